The molecule has 0 saturated heterocycles. The zero-order chi connectivity index (χ0) is 28.7. The van der Waals surface area contributed by atoms with Crippen molar-refractivity contribution in [1.82, 2.24) is 9.99 Å². The molecule has 1 aromatic heterocycles. The summed E-state index contributed by atoms with van der Waals surface area (Å²) in [5.41, 5.74) is 6.69. The molecule has 0 aliphatic carbocycles. The molecule has 0 unspecified atom stereocenters. The predicted octanol–water partition coefficient (Wildman–Crippen LogP) is 5.56. The van der Waals surface area contributed by atoms with E-state index in [2.05, 4.69) is 15.1 Å². The van der Waals surface area contributed by atoms with Crippen LogP contribution < -0.4 is 14.5 Å². The van der Waals surface area contributed by atoms with Crippen LogP contribution in [0.15, 0.2) is 99.8 Å². The van der Waals surface area contributed by atoms with Crippen LogP contribution in [-0.2, 0) is 14.8 Å². The van der Waals surface area contributed by atoms with Crippen molar-refractivity contribution in [2.45, 2.75) is 30.6 Å². The van der Waals surface area contributed by atoms with E-state index in [4.69, 9.17) is 4.74 Å². The standard InChI is InChI=1S/C30H32N4O4S2/c1-5-38-27-13-11-25(12-14-27)33(40(36,37)29-17-15-28(39-4)16-18-29)21-30(35)32-31-20-24-19-22(2)34(23(24)3)26-9-7-6-8-10-26/h6-20H,5,21H2,1-4H3,(H,32,35)/b31-20+. The number of nitrogens with one attached hydrogen (secondary N) is 1. The fourth-order valence-corrected chi connectivity index (χ4v) is 6.13. The molecule has 0 saturated carbocycles. The van der Waals surface area contributed by atoms with Gasteiger partial charge < -0.3 is 9.30 Å². The van der Waals surface area contributed by atoms with Gasteiger partial charge in [0.15, 0.2) is 0 Å². The Kier molecular flexibility index (Phi) is 9.34. The zero-order valence-corrected chi connectivity index (χ0v) is 24.5. The first kappa shape index (κ1) is 29.0. The maximum atomic E-state index is 13.7. The van der Waals surface area contributed by atoms with Gasteiger partial charge >= 0.3 is 0 Å². The summed E-state index contributed by atoms with van der Waals surface area (Å²) in [4.78, 5) is 14.0. The Morgan fingerprint density at radius 3 is 2.33 bits per heavy atom. The lowest BCUT2D eigenvalue weighted by Gasteiger charge is -2.24. The Morgan fingerprint density at radius 1 is 1.02 bits per heavy atom. The first-order valence-corrected chi connectivity index (χ1v) is 15.4. The average molecular weight is 577 g/mol. The molecular weight excluding hydrogens is 544 g/mol. The van der Waals surface area contributed by atoms with E-state index >= 15 is 0 Å². The fraction of sp³-hybridized carbons (Fsp3) is 0.200. The lowest BCUT2D eigenvalue weighted by atomic mass is 10.2. The van der Waals surface area contributed by atoms with Gasteiger partial charge in [-0.05, 0) is 93.8 Å². The summed E-state index contributed by atoms with van der Waals surface area (Å²) < 4.78 is 36.0. The molecule has 1 N–H and O–H groups in total. The van der Waals surface area contributed by atoms with Gasteiger partial charge in [-0.2, -0.15) is 5.10 Å². The molecule has 4 aromatic rings. The Balaban J connectivity index is 1.56. The number of sulfonamides is 1. The van der Waals surface area contributed by atoms with E-state index < -0.39 is 22.5 Å². The summed E-state index contributed by atoms with van der Waals surface area (Å²) in [6.07, 6.45) is 3.48. The third-order valence-corrected chi connectivity index (χ3v) is 8.78. The number of anilines is 1. The molecule has 0 aliphatic heterocycles. The van der Waals surface area contributed by atoms with Crippen LogP contribution in [0.5, 0.6) is 5.75 Å². The van der Waals surface area contributed by atoms with Gasteiger partial charge in [-0.3, -0.25) is 9.10 Å². The van der Waals surface area contributed by atoms with E-state index in [0.717, 1.165) is 31.8 Å². The van der Waals surface area contributed by atoms with E-state index in [9.17, 15) is 13.2 Å². The normalized spacial score (nSPS) is 11.5. The molecule has 40 heavy (non-hydrogen) atoms. The lowest BCUT2D eigenvalue weighted by molar-refractivity contribution is -0.119. The van der Waals surface area contributed by atoms with Gasteiger partial charge in [-0.15, -0.1) is 11.8 Å². The van der Waals surface area contributed by atoms with Crippen molar-refractivity contribution in [3.63, 3.8) is 0 Å². The largest absolute Gasteiger partial charge is 0.494 e. The number of carbonyl (C=O) groups is 1. The average Bonchev–Trinajstić information content (AvgIpc) is 3.25. The Hall–Kier alpha value is -4.02. The molecule has 0 bridgehead atoms. The van der Waals surface area contributed by atoms with Crippen molar-refractivity contribution in [2.24, 2.45) is 5.10 Å². The molecule has 1 amide bonds. The van der Waals surface area contributed by atoms with Crippen LogP contribution in [0.25, 0.3) is 5.69 Å². The Morgan fingerprint density at radius 2 is 1.70 bits per heavy atom. The number of thioether (sulfide) groups is 1. The van der Waals surface area contributed by atoms with Gasteiger partial charge in [-0.1, -0.05) is 18.2 Å². The highest BCUT2D eigenvalue weighted by atomic mass is 32.2. The highest BCUT2D eigenvalue weighted by Gasteiger charge is 2.27. The number of hydrogen-bond donors (Lipinski definition) is 1. The maximum absolute atomic E-state index is 13.7. The summed E-state index contributed by atoms with van der Waals surface area (Å²) >= 11 is 1.52. The van der Waals surface area contributed by atoms with Crippen molar-refractivity contribution in [3.05, 3.63) is 102 Å². The molecule has 8 nitrogen and oxygen atoms in total. The minimum absolute atomic E-state index is 0.0869. The molecule has 0 radical (unpaired) electrons. The number of hydrogen-bond acceptors (Lipinski definition) is 6. The topological polar surface area (TPSA) is 93.0 Å². The quantitative estimate of drug-likeness (QED) is 0.143. The number of benzene rings is 3. The number of aryl methyl sites for hydroxylation is 1. The smallest absolute Gasteiger partial charge is 0.264 e. The Labute approximate surface area is 239 Å². The fourth-order valence-electron chi connectivity index (χ4n) is 4.30. The van der Waals surface area contributed by atoms with Crippen LogP contribution in [0.3, 0.4) is 0 Å². The summed E-state index contributed by atoms with van der Waals surface area (Å²) in [6.45, 7) is 5.87. The number of rotatable bonds is 11. The van der Waals surface area contributed by atoms with Gasteiger partial charge in [0.05, 0.1) is 23.4 Å². The van der Waals surface area contributed by atoms with Crippen LogP contribution in [0.4, 0.5) is 5.69 Å². The Bertz CT molecular complexity index is 1580. The number of ether oxygens (including phenoxy) is 1. The van der Waals surface area contributed by atoms with Crippen LogP contribution in [0.1, 0.15) is 23.9 Å². The molecule has 0 fully saturated rings. The molecule has 1 heterocycles. The van der Waals surface area contributed by atoms with Crippen LogP contribution in [0.2, 0.25) is 0 Å². The second-order valence-electron chi connectivity index (χ2n) is 8.90. The molecular formula is C30H32N4O4S2. The second kappa shape index (κ2) is 12.9. The summed E-state index contributed by atoms with van der Waals surface area (Å²) in [5, 5.41) is 4.13. The second-order valence-corrected chi connectivity index (χ2v) is 11.6. The first-order chi connectivity index (χ1) is 19.2. The van der Waals surface area contributed by atoms with Gasteiger partial charge in [0.2, 0.25) is 0 Å². The van der Waals surface area contributed by atoms with Crippen LogP contribution in [0, 0.1) is 13.8 Å². The summed E-state index contributed by atoms with van der Waals surface area (Å²) in [6, 6.07) is 25.1. The highest BCUT2D eigenvalue weighted by molar-refractivity contribution is 7.98. The van der Waals surface area contributed by atoms with Crippen molar-refractivity contribution in [1.29, 1.82) is 0 Å². The van der Waals surface area contributed by atoms with E-state index in [1.165, 1.54) is 11.8 Å². The predicted molar refractivity (Wildman–Crippen MR) is 161 cm³/mol. The van der Waals surface area contributed by atoms with Crippen molar-refractivity contribution in [3.8, 4) is 11.4 Å². The maximum Gasteiger partial charge on any atom is 0.264 e. The molecule has 0 atom stereocenters. The molecule has 4 rings (SSSR count). The van der Waals surface area contributed by atoms with Gasteiger partial charge in [0, 0.05) is 27.5 Å². The molecule has 208 valence electrons. The molecule has 0 spiro atoms. The summed E-state index contributed by atoms with van der Waals surface area (Å²) in [5.74, 6) is 0.0291. The summed E-state index contributed by atoms with van der Waals surface area (Å²) in [7, 11) is -4.05. The zero-order valence-electron chi connectivity index (χ0n) is 22.9. The van der Waals surface area contributed by atoms with Crippen molar-refractivity contribution < 1.29 is 17.9 Å². The van der Waals surface area contributed by atoms with E-state index in [0.29, 0.717) is 18.0 Å². The third kappa shape index (κ3) is 6.57. The van der Waals surface area contributed by atoms with Crippen LogP contribution in [-0.4, -0.2) is 44.5 Å². The first-order valence-electron chi connectivity index (χ1n) is 12.7. The molecule has 3 aromatic carbocycles. The monoisotopic (exact) mass is 576 g/mol. The van der Waals surface area contributed by atoms with Crippen LogP contribution >= 0.6 is 11.8 Å². The molecule has 10 heteroatoms. The minimum Gasteiger partial charge on any atom is -0.494 e. The highest BCUT2D eigenvalue weighted by Crippen LogP contribution is 2.27. The van der Waals surface area contributed by atoms with Gasteiger partial charge in [0.25, 0.3) is 15.9 Å². The minimum atomic E-state index is -4.05. The number of amides is 1. The lowest BCUT2D eigenvalue weighted by Crippen LogP contribution is -2.39. The number of aromatic nitrogens is 1. The number of para-hydroxylation sites is 1. The van der Waals surface area contributed by atoms with Crippen molar-refractivity contribution in [2.75, 3.05) is 23.7 Å². The number of hydrazone groups is 1. The number of nitrogens with zero attached hydrogens (tertiary/aromatic N) is 3. The van der Waals surface area contributed by atoms with E-state index in [1.807, 2.05) is 63.4 Å². The number of carbonyl (C=O) groups excluding carboxylic acids is 1. The van der Waals surface area contributed by atoms with Gasteiger partial charge in [-0.25, -0.2) is 13.8 Å². The third-order valence-electron chi connectivity index (χ3n) is 6.25. The SMILES string of the molecule is CCOc1ccc(N(CC(=O)N/N=C/c2cc(C)n(-c3ccccc3)c2C)S(=O)(=O)c2ccc(SC)cc2)cc1. The van der Waals surface area contributed by atoms with E-state index in [1.54, 1.807) is 54.7 Å². The molecule has 0 aliphatic rings. The van der Waals surface area contributed by atoms with E-state index in [-0.39, 0.29) is 4.90 Å². The van der Waals surface area contributed by atoms with Crippen molar-refractivity contribution >= 4 is 39.6 Å². The van der Waals surface area contributed by atoms with Gasteiger partial charge in [0.1, 0.15) is 12.3 Å².